The second kappa shape index (κ2) is 6.55. The lowest BCUT2D eigenvalue weighted by molar-refractivity contribution is 0.658. The molecule has 136 valence electrons. The van der Waals surface area contributed by atoms with Gasteiger partial charge in [-0.15, -0.1) is 5.10 Å². The summed E-state index contributed by atoms with van der Waals surface area (Å²) >= 11 is 6.00. The van der Waals surface area contributed by atoms with Crippen LogP contribution in [0.15, 0.2) is 64.4 Å². The van der Waals surface area contributed by atoms with Gasteiger partial charge in [0, 0.05) is 23.1 Å². The molecule has 27 heavy (non-hydrogen) atoms. The van der Waals surface area contributed by atoms with Gasteiger partial charge >= 0.3 is 11.2 Å². The smallest absolute Gasteiger partial charge is 0.280 e. The van der Waals surface area contributed by atoms with Crippen molar-refractivity contribution in [1.82, 2.24) is 18.7 Å². The molecule has 6 nitrogen and oxygen atoms in total. The quantitative estimate of drug-likeness (QED) is 0.549. The summed E-state index contributed by atoms with van der Waals surface area (Å²) in [6.45, 7) is 4.25. The van der Waals surface area contributed by atoms with Crippen molar-refractivity contribution in [1.29, 1.82) is 0 Å². The number of hydrogen-bond acceptors (Lipinski definition) is 3. The molecule has 2 aromatic carbocycles. The van der Waals surface area contributed by atoms with Gasteiger partial charge in [0.1, 0.15) is 0 Å². The van der Waals surface area contributed by atoms with E-state index in [1.54, 1.807) is 24.5 Å². The molecule has 2 aromatic heterocycles. The van der Waals surface area contributed by atoms with Crippen molar-refractivity contribution in [3.8, 4) is 5.69 Å². The number of aromatic nitrogens is 4. The van der Waals surface area contributed by atoms with E-state index in [4.69, 9.17) is 11.6 Å². The third kappa shape index (κ3) is 3.08. The Hall–Kier alpha value is -3.12. The molecule has 0 radical (unpaired) electrons. The highest BCUT2D eigenvalue weighted by Gasteiger charge is 2.13. The van der Waals surface area contributed by atoms with Gasteiger partial charge < -0.3 is 0 Å². The Balaban J connectivity index is 1.83. The first-order valence-electron chi connectivity index (χ1n) is 8.47. The van der Waals surface area contributed by atoms with Crippen molar-refractivity contribution in [2.24, 2.45) is 0 Å². The van der Waals surface area contributed by atoms with Gasteiger partial charge in [-0.1, -0.05) is 29.8 Å². The minimum absolute atomic E-state index is 0.0859. The van der Waals surface area contributed by atoms with Crippen molar-refractivity contribution >= 4 is 17.2 Å². The minimum atomic E-state index is -0.366. The van der Waals surface area contributed by atoms with Crippen LogP contribution in [0, 0.1) is 13.8 Å². The fourth-order valence-corrected chi connectivity index (χ4v) is 3.21. The van der Waals surface area contributed by atoms with Gasteiger partial charge in [0.15, 0.2) is 0 Å². The monoisotopic (exact) mass is 380 g/mol. The summed E-state index contributed by atoms with van der Waals surface area (Å²) in [6, 6.07) is 13.0. The van der Waals surface area contributed by atoms with E-state index < -0.39 is 0 Å². The molecule has 0 spiro atoms. The fourth-order valence-electron chi connectivity index (χ4n) is 3.00. The Morgan fingerprint density at radius 2 is 1.81 bits per heavy atom. The van der Waals surface area contributed by atoms with Gasteiger partial charge in [-0.05, 0) is 54.8 Å². The van der Waals surface area contributed by atoms with Crippen molar-refractivity contribution < 1.29 is 0 Å². The number of rotatable bonds is 3. The zero-order chi connectivity index (χ0) is 19.1. The van der Waals surface area contributed by atoms with E-state index in [0.29, 0.717) is 5.02 Å². The van der Waals surface area contributed by atoms with Crippen LogP contribution in [-0.4, -0.2) is 18.7 Å². The topological polar surface area (TPSA) is 61.3 Å². The highest BCUT2D eigenvalue weighted by Crippen LogP contribution is 2.13. The summed E-state index contributed by atoms with van der Waals surface area (Å²) in [5.74, 6) is 0. The zero-order valence-corrected chi connectivity index (χ0v) is 15.6. The van der Waals surface area contributed by atoms with Crippen LogP contribution in [0.2, 0.25) is 5.02 Å². The molecule has 0 saturated heterocycles. The van der Waals surface area contributed by atoms with Crippen LogP contribution in [-0.2, 0) is 6.54 Å². The molecule has 0 unspecified atom stereocenters. The van der Waals surface area contributed by atoms with Gasteiger partial charge in [-0.2, -0.15) is 0 Å². The Labute approximate surface area is 159 Å². The Morgan fingerprint density at radius 1 is 1.00 bits per heavy atom. The van der Waals surface area contributed by atoms with Gasteiger partial charge in [-0.3, -0.25) is 9.36 Å². The second-order valence-electron chi connectivity index (χ2n) is 6.51. The van der Waals surface area contributed by atoms with Crippen LogP contribution in [0.1, 0.15) is 16.7 Å². The molecule has 0 amide bonds. The standard InChI is InChI=1S/C20H17ClN4O2/c1-13-6-7-17(10-14(13)2)23-8-9-24-18(19(23)26)22-25(20(24)27)12-15-4-3-5-16(21)11-15/h3-11H,12H2,1-2H3. The number of hydrogen-bond donors (Lipinski definition) is 0. The van der Waals surface area contributed by atoms with E-state index in [-0.39, 0.29) is 23.4 Å². The summed E-state index contributed by atoms with van der Waals surface area (Å²) in [7, 11) is 0. The molecule has 0 bridgehead atoms. The molecule has 0 aliphatic carbocycles. The Kier molecular flexibility index (Phi) is 4.20. The summed E-state index contributed by atoms with van der Waals surface area (Å²) in [6.07, 6.45) is 3.15. The Morgan fingerprint density at radius 3 is 2.56 bits per heavy atom. The predicted octanol–water partition coefficient (Wildman–Crippen LogP) is 2.97. The van der Waals surface area contributed by atoms with E-state index in [9.17, 15) is 9.59 Å². The van der Waals surface area contributed by atoms with Gasteiger partial charge in [0.25, 0.3) is 0 Å². The van der Waals surface area contributed by atoms with Crippen LogP contribution >= 0.6 is 11.6 Å². The number of aryl methyl sites for hydroxylation is 2. The number of halogens is 1. The van der Waals surface area contributed by atoms with E-state index in [1.807, 2.05) is 44.2 Å². The van der Waals surface area contributed by atoms with Crippen LogP contribution < -0.4 is 11.2 Å². The average Bonchev–Trinajstić information content (AvgIpc) is 2.95. The molecular weight excluding hydrogens is 364 g/mol. The fraction of sp³-hybridized carbons (Fsp3) is 0.150. The third-order valence-electron chi connectivity index (χ3n) is 4.64. The molecule has 0 atom stereocenters. The molecule has 4 aromatic rings. The molecule has 0 fully saturated rings. The molecule has 7 heteroatoms. The molecule has 0 N–H and O–H groups in total. The first-order valence-corrected chi connectivity index (χ1v) is 8.85. The predicted molar refractivity (Wildman–Crippen MR) is 105 cm³/mol. The Bertz CT molecular complexity index is 1280. The molecule has 0 aliphatic heterocycles. The average molecular weight is 381 g/mol. The van der Waals surface area contributed by atoms with Crippen LogP contribution in [0.3, 0.4) is 0 Å². The SMILES string of the molecule is Cc1ccc(-n2ccn3c(=O)n(Cc4cccc(Cl)c4)nc3c2=O)cc1C. The van der Waals surface area contributed by atoms with Crippen molar-refractivity contribution in [2.75, 3.05) is 0 Å². The molecule has 2 heterocycles. The highest BCUT2D eigenvalue weighted by molar-refractivity contribution is 6.30. The first-order chi connectivity index (χ1) is 12.9. The zero-order valence-electron chi connectivity index (χ0n) is 14.9. The van der Waals surface area contributed by atoms with E-state index in [1.165, 1.54) is 13.6 Å². The van der Waals surface area contributed by atoms with Crippen LogP contribution in [0.4, 0.5) is 0 Å². The number of nitrogens with zero attached hydrogens (tertiary/aromatic N) is 4. The lowest BCUT2D eigenvalue weighted by Gasteiger charge is -2.08. The highest BCUT2D eigenvalue weighted by atomic mass is 35.5. The van der Waals surface area contributed by atoms with E-state index in [2.05, 4.69) is 5.10 Å². The van der Waals surface area contributed by atoms with Crippen molar-refractivity contribution in [2.45, 2.75) is 20.4 Å². The third-order valence-corrected chi connectivity index (χ3v) is 4.87. The summed E-state index contributed by atoms with van der Waals surface area (Å²) in [5, 5.41) is 4.84. The maximum Gasteiger partial charge on any atom is 0.350 e. The van der Waals surface area contributed by atoms with E-state index in [0.717, 1.165) is 22.4 Å². The van der Waals surface area contributed by atoms with Gasteiger partial charge in [0.05, 0.1) is 6.54 Å². The maximum absolute atomic E-state index is 12.9. The lowest BCUT2D eigenvalue weighted by atomic mass is 10.1. The van der Waals surface area contributed by atoms with Crippen molar-refractivity contribution in [3.05, 3.63) is 97.4 Å². The molecule has 0 aliphatic rings. The van der Waals surface area contributed by atoms with Crippen molar-refractivity contribution in [3.63, 3.8) is 0 Å². The first kappa shape index (κ1) is 17.3. The normalized spacial score (nSPS) is 11.2. The summed E-state index contributed by atoms with van der Waals surface area (Å²) in [5.41, 5.74) is 3.18. The molecular formula is C20H17ClN4O2. The molecule has 0 saturated carbocycles. The minimum Gasteiger partial charge on any atom is -0.280 e. The second-order valence-corrected chi connectivity index (χ2v) is 6.94. The van der Waals surface area contributed by atoms with Gasteiger partial charge in [0.2, 0.25) is 5.65 Å². The number of benzene rings is 2. The largest absolute Gasteiger partial charge is 0.350 e. The summed E-state index contributed by atoms with van der Waals surface area (Å²) in [4.78, 5) is 25.5. The molecule has 4 rings (SSSR count). The van der Waals surface area contributed by atoms with Crippen LogP contribution in [0.5, 0.6) is 0 Å². The lowest BCUT2D eigenvalue weighted by Crippen LogP contribution is -2.24. The number of fused-ring (bicyclic) bond motifs is 1. The summed E-state index contributed by atoms with van der Waals surface area (Å²) < 4.78 is 4.04. The van der Waals surface area contributed by atoms with Gasteiger partial charge in [-0.25, -0.2) is 13.9 Å². The maximum atomic E-state index is 12.9. The van der Waals surface area contributed by atoms with E-state index >= 15 is 0 Å². The van der Waals surface area contributed by atoms with Crippen LogP contribution in [0.25, 0.3) is 11.3 Å².